The van der Waals surface area contributed by atoms with E-state index in [0.717, 1.165) is 12.1 Å². The van der Waals surface area contributed by atoms with E-state index in [9.17, 15) is 4.39 Å². The van der Waals surface area contributed by atoms with Crippen molar-refractivity contribution in [1.29, 1.82) is 5.26 Å². The van der Waals surface area contributed by atoms with Gasteiger partial charge >= 0.3 is 0 Å². The van der Waals surface area contributed by atoms with Gasteiger partial charge in [-0.15, -0.1) is 0 Å². The number of rotatable bonds is 7. The van der Waals surface area contributed by atoms with Gasteiger partial charge in [-0.3, -0.25) is 0 Å². The number of hydrogen-bond donors (Lipinski definition) is 1. The molecule has 0 fully saturated rings. The first-order valence-electron chi connectivity index (χ1n) is 7.08. The van der Waals surface area contributed by atoms with Crippen LogP contribution >= 0.6 is 0 Å². The smallest absolute Gasteiger partial charge is 0.146 e. The van der Waals surface area contributed by atoms with Crippen LogP contribution in [-0.2, 0) is 0 Å². The fourth-order valence-corrected chi connectivity index (χ4v) is 2.29. The highest BCUT2D eigenvalue weighted by atomic mass is 19.1. The van der Waals surface area contributed by atoms with Gasteiger partial charge in [0.15, 0.2) is 0 Å². The van der Waals surface area contributed by atoms with Crippen molar-refractivity contribution in [3.63, 3.8) is 0 Å². The maximum absolute atomic E-state index is 14.3. The minimum Gasteiger partial charge on any atom is -0.368 e. The summed E-state index contributed by atoms with van der Waals surface area (Å²) in [5.74, 6) is 0.189. The maximum atomic E-state index is 14.3. The van der Waals surface area contributed by atoms with Crippen LogP contribution in [0.4, 0.5) is 10.1 Å². The van der Waals surface area contributed by atoms with Crippen molar-refractivity contribution in [2.24, 2.45) is 5.92 Å². The predicted molar refractivity (Wildman–Crippen MR) is 81.2 cm³/mol. The molecule has 0 aliphatic carbocycles. The van der Waals surface area contributed by atoms with Crippen molar-refractivity contribution in [2.75, 3.05) is 25.0 Å². The van der Waals surface area contributed by atoms with Gasteiger partial charge in [0.25, 0.3) is 0 Å². The molecule has 1 N–H and O–H groups in total. The molecule has 4 heteroatoms. The Balaban J connectivity index is 3.19. The van der Waals surface area contributed by atoms with Crippen LogP contribution in [0.3, 0.4) is 0 Å². The van der Waals surface area contributed by atoms with Gasteiger partial charge in [0, 0.05) is 19.1 Å². The molecule has 0 bridgehead atoms. The van der Waals surface area contributed by atoms with Gasteiger partial charge in [-0.1, -0.05) is 26.0 Å². The first-order valence-corrected chi connectivity index (χ1v) is 7.08. The van der Waals surface area contributed by atoms with Crippen molar-refractivity contribution < 1.29 is 4.39 Å². The van der Waals surface area contributed by atoms with Crippen molar-refractivity contribution >= 4 is 5.69 Å². The number of benzene rings is 1. The molecular weight excluding hydrogens is 253 g/mol. The van der Waals surface area contributed by atoms with Crippen molar-refractivity contribution in [1.82, 2.24) is 5.32 Å². The zero-order valence-electron chi connectivity index (χ0n) is 12.8. The van der Waals surface area contributed by atoms with Gasteiger partial charge in [-0.05, 0) is 31.5 Å². The standard InChI is InChI=1S/C16H24FN3/c1-12(2)11-20(10-6-9-18)16-14(13(3)19-4)7-5-8-15(16)17/h5,7-8,12-13,19H,6,10-11H2,1-4H3. The van der Waals surface area contributed by atoms with Gasteiger partial charge < -0.3 is 10.2 Å². The number of hydrogen-bond acceptors (Lipinski definition) is 3. The van der Waals surface area contributed by atoms with Crippen molar-refractivity contribution in [2.45, 2.75) is 33.2 Å². The Morgan fingerprint density at radius 2 is 2.05 bits per heavy atom. The summed E-state index contributed by atoms with van der Waals surface area (Å²) in [4.78, 5) is 1.99. The number of para-hydroxylation sites is 1. The molecular formula is C16H24FN3. The summed E-state index contributed by atoms with van der Waals surface area (Å²) < 4.78 is 14.3. The summed E-state index contributed by atoms with van der Waals surface area (Å²) in [7, 11) is 1.86. The average Bonchev–Trinajstić information content (AvgIpc) is 2.42. The Hall–Kier alpha value is -1.60. The van der Waals surface area contributed by atoms with Gasteiger partial charge in [0.05, 0.1) is 18.2 Å². The lowest BCUT2D eigenvalue weighted by Gasteiger charge is -2.30. The van der Waals surface area contributed by atoms with E-state index in [0.29, 0.717) is 24.6 Å². The highest BCUT2D eigenvalue weighted by Crippen LogP contribution is 2.30. The summed E-state index contributed by atoms with van der Waals surface area (Å²) in [5, 5.41) is 12.0. The average molecular weight is 277 g/mol. The lowest BCUT2D eigenvalue weighted by Crippen LogP contribution is -2.31. The summed E-state index contributed by atoms with van der Waals surface area (Å²) in [5.41, 5.74) is 1.56. The minimum absolute atomic E-state index is 0.0671. The van der Waals surface area contributed by atoms with E-state index in [4.69, 9.17) is 5.26 Å². The van der Waals surface area contributed by atoms with Gasteiger partial charge in [-0.25, -0.2) is 4.39 Å². The fraction of sp³-hybridized carbons (Fsp3) is 0.562. The summed E-state index contributed by atoms with van der Waals surface area (Å²) in [6.07, 6.45) is 0.397. The first-order chi connectivity index (χ1) is 9.51. The third-order valence-corrected chi connectivity index (χ3v) is 3.31. The molecule has 0 spiro atoms. The van der Waals surface area contributed by atoms with Crippen LogP contribution in [0.1, 0.15) is 38.8 Å². The second kappa shape index (κ2) is 7.86. The molecule has 0 radical (unpaired) electrons. The zero-order valence-corrected chi connectivity index (χ0v) is 12.8. The van der Waals surface area contributed by atoms with Crippen LogP contribution in [0.5, 0.6) is 0 Å². The van der Waals surface area contributed by atoms with E-state index in [2.05, 4.69) is 25.2 Å². The van der Waals surface area contributed by atoms with Crippen molar-refractivity contribution in [3.05, 3.63) is 29.6 Å². The fourth-order valence-electron chi connectivity index (χ4n) is 2.29. The topological polar surface area (TPSA) is 39.1 Å². The second-order valence-electron chi connectivity index (χ2n) is 5.44. The number of nitrogens with zero attached hydrogens (tertiary/aromatic N) is 2. The van der Waals surface area contributed by atoms with Crippen LogP contribution in [0.15, 0.2) is 18.2 Å². The molecule has 1 atom stereocenters. The number of halogens is 1. The molecule has 1 aromatic rings. The summed E-state index contributed by atoms with van der Waals surface area (Å²) >= 11 is 0. The normalized spacial score (nSPS) is 12.2. The molecule has 0 aromatic heterocycles. The Morgan fingerprint density at radius 3 is 2.60 bits per heavy atom. The maximum Gasteiger partial charge on any atom is 0.146 e. The highest BCUT2D eigenvalue weighted by Gasteiger charge is 2.19. The van der Waals surface area contributed by atoms with E-state index >= 15 is 0 Å². The van der Waals surface area contributed by atoms with Crippen LogP contribution < -0.4 is 10.2 Å². The van der Waals surface area contributed by atoms with Crippen LogP contribution in [0.25, 0.3) is 0 Å². The number of nitrogens with one attached hydrogen (secondary N) is 1. The highest BCUT2D eigenvalue weighted by molar-refractivity contribution is 5.56. The van der Waals surface area contributed by atoms with Gasteiger partial charge in [-0.2, -0.15) is 5.26 Å². The molecule has 110 valence electrons. The molecule has 3 nitrogen and oxygen atoms in total. The Bertz CT molecular complexity index is 465. The summed E-state index contributed by atoms with van der Waals surface area (Å²) in [6.45, 7) is 7.50. The molecule has 0 aliphatic heterocycles. The largest absolute Gasteiger partial charge is 0.368 e. The first kappa shape index (κ1) is 16.5. The molecule has 0 amide bonds. The predicted octanol–water partition coefficient (Wildman–Crippen LogP) is 3.48. The quantitative estimate of drug-likeness (QED) is 0.829. The minimum atomic E-state index is -0.219. The van der Waals surface area contributed by atoms with Crippen LogP contribution in [-0.4, -0.2) is 20.1 Å². The third-order valence-electron chi connectivity index (χ3n) is 3.31. The Kier molecular flexibility index (Phi) is 6.47. The lowest BCUT2D eigenvalue weighted by molar-refractivity contribution is 0.568. The van der Waals surface area contributed by atoms with Crippen molar-refractivity contribution in [3.8, 4) is 6.07 Å². The Morgan fingerprint density at radius 1 is 1.35 bits per heavy atom. The van der Waals surface area contributed by atoms with E-state index in [1.165, 1.54) is 6.07 Å². The zero-order chi connectivity index (χ0) is 15.1. The van der Waals surface area contributed by atoms with Gasteiger partial charge in [0.1, 0.15) is 5.82 Å². The monoisotopic (exact) mass is 277 g/mol. The third kappa shape index (κ3) is 4.21. The van der Waals surface area contributed by atoms with E-state index in [1.807, 2.05) is 24.9 Å². The molecule has 1 rings (SSSR count). The number of nitriles is 1. The molecule has 0 saturated heterocycles. The molecule has 0 saturated carbocycles. The molecule has 20 heavy (non-hydrogen) atoms. The Labute approximate surface area is 121 Å². The molecule has 0 heterocycles. The summed E-state index contributed by atoms with van der Waals surface area (Å²) in [6, 6.07) is 7.38. The second-order valence-corrected chi connectivity index (χ2v) is 5.44. The van der Waals surface area contributed by atoms with Crippen LogP contribution in [0, 0.1) is 23.1 Å². The SMILES string of the molecule is CNC(C)c1cccc(F)c1N(CCC#N)CC(C)C. The van der Waals surface area contributed by atoms with Gasteiger partial charge in [0.2, 0.25) is 0 Å². The molecule has 1 aromatic carbocycles. The van der Waals surface area contributed by atoms with Crippen LogP contribution in [0.2, 0.25) is 0 Å². The van der Waals surface area contributed by atoms with E-state index < -0.39 is 0 Å². The van der Waals surface area contributed by atoms with E-state index in [-0.39, 0.29) is 11.9 Å². The molecule has 1 unspecified atom stereocenters. The lowest BCUT2D eigenvalue weighted by atomic mass is 10.0. The van der Waals surface area contributed by atoms with E-state index in [1.54, 1.807) is 6.07 Å². The molecule has 0 aliphatic rings. The number of anilines is 1.